The SMILES string of the molecule is c1csc(-c2ccc(C(=C(c3ccc(-c4cccs4)s3)c3ccc(-c4cccs4)s3)c3ccc(-c4cccs4)s3)s2)c1. The van der Waals surface area contributed by atoms with Gasteiger partial charge in [0.05, 0.1) is 0 Å². The molecule has 8 heterocycles. The molecule has 42 heavy (non-hydrogen) atoms. The Kier molecular flexibility index (Phi) is 7.56. The van der Waals surface area contributed by atoms with Crippen molar-refractivity contribution < 1.29 is 0 Å². The van der Waals surface area contributed by atoms with Gasteiger partial charge < -0.3 is 0 Å². The van der Waals surface area contributed by atoms with Crippen LogP contribution in [0.15, 0.2) is 119 Å². The van der Waals surface area contributed by atoms with Crippen LogP contribution in [0.1, 0.15) is 19.5 Å². The van der Waals surface area contributed by atoms with Crippen molar-refractivity contribution in [1.82, 2.24) is 0 Å². The fourth-order valence-corrected chi connectivity index (χ4v) is 12.6. The van der Waals surface area contributed by atoms with Gasteiger partial charge in [-0.1, -0.05) is 24.3 Å². The zero-order chi connectivity index (χ0) is 27.9. The molecule has 0 radical (unpaired) electrons. The van der Waals surface area contributed by atoms with Gasteiger partial charge in [-0.2, -0.15) is 0 Å². The van der Waals surface area contributed by atoms with Crippen molar-refractivity contribution in [3.05, 3.63) is 138 Å². The van der Waals surface area contributed by atoms with E-state index in [-0.39, 0.29) is 0 Å². The summed E-state index contributed by atoms with van der Waals surface area (Å²) in [4.78, 5) is 15.8. The fraction of sp³-hybridized carbons (Fsp3) is 0. The Morgan fingerprint density at radius 2 is 0.548 bits per heavy atom. The van der Waals surface area contributed by atoms with E-state index in [1.54, 1.807) is 0 Å². The molecule has 0 unspecified atom stereocenters. The molecule has 0 saturated heterocycles. The van der Waals surface area contributed by atoms with Crippen molar-refractivity contribution in [1.29, 1.82) is 0 Å². The predicted molar refractivity (Wildman–Crippen MR) is 196 cm³/mol. The molecule has 0 aliphatic carbocycles. The van der Waals surface area contributed by atoms with Gasteiger partial charge in [-0.25, -0.2) is 0 Å². The molecule has 0 aliphatic rings. The van der Waals surface area contributed by atoms with Crippen molar-refractivity contribution in [3.8, 4) is 39.0 Å². The average Bonchev–Trinajstić information content (AvgIpc) is 3.87. The molecule has 0 fully saturated rings. The maximum atomic E-state index is 2.33. The van der Waals surface area contributed by atoms with E-state index in [1.165, 1.54) is 69.7 Å². The molecule has 0 aromatic carbocycles. The second kappa shape index (κ2) is 11.8. The summed E-state index contributed by atoms with van der Waals surface area (Å²) >= 11 is 14.8. The Morgan fingerprint density at radius 3 is 0.762 bits per heavy atom. The van der Waals surface area contributed by atoms with E-state index < -0.39 is 0 Å². The molecule has 0 N–H and O–H groups in total. The van der Waals surface area contributed by atoms with Gasteiger partial charge in [0.15, 0.2) is 0 Å². The lowest BCUT2D eigenvalue weighted by Gasteiger charge is -2.12. The Morgan fingerprint density at radius 1 is 0.286 bits per heavy atom. The maximum Gasteiger partial charge on any atom is 0.0449 e. The molecule has 0 nitrogen and oxygen atoms in total. The molecule has 0 aliphatic heterocycles. The second-order valence-corrected chi connectivity index (χ2v) is 17.4. The quantitative estimate of drug-likeness (QED) is 0.149. The molecule has 0 bridgehead atoms. The van der Waals surface area contributed by atoms with Gasteiger partial charge in [-0.05, 0) is 94.3 Å². The van der Waals surface area contributed by atoms with E-state index in [9.17, 15) is 0 Å². The zero-order valence-electron chi connectivity index (χ0n) is 21.8. The molecule has 204 valence electrons. The summed E-state index contributed by atoms with van der Waals surface area (Å²) in [5.41, 5.74) is 2.66. The number of hydrogen-bond acceptors (Lipinski definition) is 8. The van der Waals surface area contributed by atoms with E-state index in [0.717, 1.165) is 0 Å². The molecule has 8 aromatic rings. The minimum atomic E-state index is 1.31. The first kappa shape index (κ1) is 26.9. The molecule has 0 saturated carbocycles. The van der Waals surface area contributed by atoms with Crippen LogP contribution in [0.2, 0.25) is 0 Å². The second-order valence-electron chi connectivity index (χ2n) is 9.31. The minimum Gasteiger partial charge on any atom is -0.143 e. The smallest absolute Gasteiger partial charge is 0.0449 e. The summed E-state index contributed by atoms with van der Waals surface area (Å²) in [6.07, 6.45) is 0. The Labute approximate surface area is 276 Å². The Balaban J connectivity index is 1.37. The molecular formula is C34H20S8. The molecule has 0 spiro atoms. The van der Waals surface area contributed by atoms with Crippen LogP contribution in [0.5, 0.6) is 0 Å². The lowest BCUT2D eigenvalue weighted by molar-refractivity contribution is 1.73. The third-order valence-corrected chi connectivity index (χ3v) is 15.4. The van der Waals surface area contributed by atoms with Crippen LogP contribution >= 0.6 is 90.7 Å². The van der Waals surface area contributed by atoms with Crippen LogP contribution in [0.4, 0.5) is 0 Å². The molecule has 8 rings (SSSR count). The molecule has 8 heteroatoms. The molecular weight excluding hydrogens is 665 g/mol. The van der Waals surface area contributed by atoms with Crippen molar-refractivity contribution in [2.24, 2.45) is 0 Å². The van der Waals surface area contributed by atoms with Gasteiger partial charge in [-0.15, -0.1) is 90.7 Å². The third-order valence-electron chi connectivity index (χ3n) is 6.72. The highest BCUT2D eigenvalue weighted by Gasteiger charge is 2.23. The first-order valence-electron chi connectivity index (χ1n) is 13.1. The predicted octanol–water partition coefficient (Wildman–Crippen LogP) is 13.9. The van der Waals surface area contributed by atoms with Crippen LogP contribution in [0.25, 0.3) is 50.2 Å². The lowest BCUT2D eigenvalue weighted by atomic mass is 10.0. The highest BCUT2D eigenvalue weighted by molar-refractivity contribution is 7.25. The van der Waals surface area contributed by atoms with Crippen LogP contribution in [-0.4, -0.2) is 0 Å². The molecule has 0 atom stereocenters. The van der Waals surface area contributed by atoms with E-state index >= 15 is 0 Å². The van der Waals surface area contributed by atoms with Gasteiger partial charge in [0, 0.05) is 69.7 Å². The normalized spacial score (nSPS) is 11.3. The summed E-state index contributed by atoms with van der Waals surface area (Å²) in [7, 11) is 0. The average molecular weight is 685 g/mol. The zero-order valence-corrected chi connectivity index (χ0v) is 28.3. The standard InChI is InChI=1S/C34H20S8/c1-5-21(35-17-1)25-9-13-29(39-25)33(30-14-10-26(40-30)22-6-2-18-36-22)34(31-15-11-27(41-31)23-7-3-19-37-23)32-16-12-28(42-32)24-8-4-20-38-24/h1-20H. The number of thiophene rings is 8. The molecule has 8 aromatic heterocycles. The lowest BCUT2D eigenvalue weighted by Crippen LogP contribution is -1.90. The van der Waals surface area contributed by atoms with Crippen molar-refractivity contribution in [2.45, 2.75) is 0 Å². The van der Waals surface area contributed by atoms with Gasteiger partial charge in [0.2, 0.25) is 0 Å². The number of hydrogen-bond donors (Lipinski definition) is 0. The summed E-state index contributed by atoms with van der Waals surface area (Å²) in [6, 6.07) is 36.0. The highest BCUT2D eigenvalue weighted by atomic mass is 32.1. The van der Waals surface area contributed by atoms with Crippen molar-refractivity contribution >= 4 is 102 Å². The van der Waals surface area contributed by atoms with Crippen LogP contribution < -0.4 is 0 Å². The topological polar surface area (TPSA) is 0 Å². The van der Waals surface area contributed by atoms with Crippen molar-refractivity contribution in [3.63, 3.8) is 0 Å². The maximum absolute atomic E-state index is 2.33. The largest absolute Gasteiger partial charge is 0.143 e. The fourth-order valence-electron chi connectivity index (χ4n) is 4.83. The van der Waals surface area contributed by atoms with E-state index in [1.807, 2.05) is 90.7 Å². The third kappa shape index (κ3) is 5.20. The first-order chi connectivity index (χ1) is 20.8. The van der Waals surface area contributed by atoms with E-state index in [4.69, 9.17) is 0 Å². The molecule has 0 amide bonds. The van der Waals surface area contributed by atoms with Crippen LogP contribution in [-0.2, 0) is 0 Å². The Hall–Kier alpha value is -2.66. The van der Waals surface area contributed by atoms with Gasteiger partial charge in [-0.3, -0.25) is 0 Å². The Bertz CT molecular complexity index is 1770. The van der Waals surface area contributed by atoms with Crippen LogP contribution in [0, 0.1) is 0 Å². The van der Waals surface area contributed by atoms with Gasteiger partial charge >= 0.3 is 0 Å². The van der Waals surface area contributed by atoms with Crippen molar-refractivity contribution in [2.75, 3.05) is 0 Å². The summed E-state index contributed by atoms with van der Waals surface area (Å²) in [6.45, 7) is 0. The van der Waals surface area contributed by atoms with Gasteiger partial charge in [0.25, 0.3) is 0 Å². The number of rotatable bonds is 8. The van der Waals surface area contributed by atoms with E-state index in [0.29, 0.717) is 0 Å². The first-order valence-corrected chi connectivity index (χ1v) is 19.9. The van der Waals surface area contributed by atoms with Crippen LogP contribution in [0.3, 0.4) is 0 Å². The summed E-state index contributed by atoms with van der Waals surface area (Å²) in [5.74, 6) is 0. The summed E-state index contributed by atoms with van der Waals surface area (Å²) < 4.78 is 0. The van der Waals surface area contributed by atoms with Gasteiger partial charge in [0.1, 0.15) is 0 Å². The minimum absolute atomic E-state index is 1.31. The summed E-state index contributed by atoms with van der Waals surface area (Å²) in [5, 5.41) is 8.66. The highest BCUT2D eigenvalue weighted by Crippen LogP contribution is 2.49. The van der Waals surface area contributed by atoms with E-state index in [2.05, 4.69) is 119 Å². The monoisotopic (exact) mass is 684 g/mol.